The minimum atomic E-state index is -0.635. The molecule has 2 bridgehead atoms. The van der Waals surface area contributed by atoms with E-state index in [2.05, 4.69) is 77.4 Å². The quantitative estimate of drug-likeness (QED) is 0.281. The Labute approximate surface area is 228 Å². The average molecular weight is 514 g/mol. The SMILES string of the molecule is C=CC1C[N+]2(Cc3cc(C(C)(C)C)cc(C(C)(C)C)c3)CCC1C[C@H]2[C@H](O)c1ccnc2ccc(O)cc12. The van der Waals surface area contributed by atoms with E-state index in [0.717, 1.165) is 47.0 Å². The van der Waals surface area contributed by atoms with Gasteiger partial charge < -0.3 is 14.7 Å². The van der Waals surface area contributed by atoms with E-state index in [4.69, 9.17) is 0 Å². The highest BCUT2D eigenvalue weighted by Gasteiger charge is 2.54. The number of aromatic hydroxyl groups is 1. The van der Waals surface area contributed by atoms with E-state index in [1.807, 2.05) is 12.1 Å². The number of pyridine rings is 1. The molecule has 2 aromatic carbocycles. The molecule has 1 aromatic heterocycles. The first-order chi connectivity index (χ1) is 17.8. The van der Waals surface area contributed by atoms with Gasteiger partial charge in [-0.05, 0) is 69.8 Å². The summed E-state index contributed by atoms with van der Waals surface area (Å²) >= 11 is 0. The van der Waals surface area contributed by atoms with Crippen molar-refractivity contribution in [3.63, 3.8) is 0 Å². The van der Waals surface area contributed by atoms with Crippen LogP contribution in [-0.2, 0) is 17.4 Å². The number of aliphatic hydroxyl groups excluding tert-OH is 1. The minimum Gasteiger partial charge on any atom is -0.508 e. The van der Waals surface area contributed by atoms with Gasteiger partial charge in [0.2, 0.25) is 0 Å². The lowest BCUT2D eigenvalue weighted by atomic mass is 9.71. The Morgan fingerprint density at radius 1 is 1.03 bits per heavy atom. The number of phenols is 1. The lowest BCUT2D eigenvalue weighted by Crippen LogP contribution is -2.67. The zero-order valence-electron chi connectivity index (χ0n) is 24.0. The predicted octanol–water partition coefficient (Wildman–Crippen LogP) is 7.18. The van der Waals surface area contributed by atoms with Crippen LogP contribution in [0.15, 0.2) is 61.3 Å². The maximum absolute atomic E-state index is 12.1. The molecular formula is C34H45N2O2+. The Morgan fingerprint density at radius 2 is 1.71 bits per heavy atom. The number of piperidine rings is 3. The molecule has 3 aliphatic heterocycles. The van der Waals surface area contributed by atoms with Crippen molar-refractivity contribution in [1.29, 1.82) is 0 Å². The molecule has 0 radical (unpaired) electrons. The van der Waals surface area contributed by atoms with Gasteiger partial charge in [-0.2, -0.15) is 0 Å². The second-order valence-electron chi connectivity index (χ2n) is 14.0. The van der Waals surface area contributed by atoms with Crippen molar-refractivity contribution >= 4 is 10.9 Å². The fourth-order valence-electron chi connectivity index (χ4n) is 7.01. The average Bonchev–Trinajstić information content (AvgIpc) is 2.86. The van der Waals surface area contributed by atoms with E-state index < -0.39 is 6.10 Å². The molecular weight excluding hydrogens is 468 g/mol. The molecule has 3 aliphatic rings. The highest BCUT2D eigenvalue weighted by atomic mass is 16.3. The van der Waals surface area contributed by atoms with Crippen molar-refractivity contribution in [3.05, 3.63) is 83.6 Å². The molecule has 2 N–H and O–H groups in total. The second kappa shape index (κ2) is 9.50. The highest BCUT2D eigenvalue weighted by molar-refractivity contribution is 5.83. The van der Waals surface area contributed by atoms with Crippen LogP contribution in [0, 0.1) is 11.8 Å². The maximum atomic E-state index is 12.1. The molecule has 5 atom stereocenters. The molecule has 3 fully saturated rings. The van der Waals surface area contributed by atoms with Gasteiger partial charge in [0.1, 0.15) is 24.4 Å². The third-order valence-corrected chi connectivity index (χ3v) is 9.34. The Bertz CT molecular complexity index is 1320. The van der Waals surface area contributed by atoms with Gasteiger partial charge in [-0.3, -0.25) is 4.98 Å². The van der Waals surface area contributed by atoms with Crippen molar-refractivity contribution < 1.29 is 14.7 Å². The molecule has 3 unspecified atom stereocenters. The number of aliphatic hydroxyl groups is 1. The monoisotopic (exact) mass is 513 g/mol. The van der Waals surface area contributed by atoms with Crippen LogP contribution in [0.25, 0.3) is 10.9 Å². The van der Waals surface area contributed by atoms with Crippen LogP contribution in [-0.4, -0.2) is 38.8 Å². The summed E-state index contributed by atoms with van der Waals surface area (Å²) in [5.74, 6) is 1.23. The van der Waals surface area contributed by atoms with Crippen LogP contribution in [0.5, 0.6) is 5.75 Å². The van der Waals surface area contributed by atoms with E-state index in [-0.39, 0.29) is 22.6 Å². The van der Waals surface area contributed by atoms with Crippen LogP contribution in [0.2, 0.25) is 0 Å². The zero-order valence-corrected chi connectivity index (χ0v) is 24.0. The Balaban J connectivity index is 1.60. The third kappa shape index (κ3) is 4.89. The van der Waals surface area contributed by atoms with E-state index in [1.165, 1.54) is 23.1 Å². The summed E-state index contributed by atoms with van der Waals surface area (Å²) in [4.78, 5) is 4.49. The number of fused-ring (bicyclic) bond motifs is 4. The molecule has 0 spiro atoms. The highest BCUT2D eigenvalue weighted by Crippen LogP contribution is 2.48. The maximum Gasteiger partial charge on any atom is 0.131 e. The van der Waals surface area contributed by atoms with Crippen LogP contribution in [0.3, 0.4) is 0 Å². The van der Waals surface area contributed by atoms with Crippen molar-refractivity contribution in [3.8, 4) is 5.75 Å². The lowest BCUT2D eigenvalue weighted by Gasteiger charge is -2.58. The van der Waals surface area contributed by atoms with Crippen molar-refractivity contribution in [1.82, 2.24) is 4.98 Å². The summed E-state index contributed by atoms with van der Waals surface area (Å²) in [5, 5.41) is 23.1. The summed E-state index contributed by atoms with van der Waals surface area (Å²) in [6, 6.07) is 14.5. The topological polar surface area (TPSA) is 53.4 Å². The number of aromatic nitrogens is 1. The van der Waals surface area contributed by atoms with Gasteiger partial charge in [-0.15, -0.1) is 6.58 Å². The molecule has 3 aromatic rings. The van der Waals surface area contributed by atoms with Crippen LogP contribution in [0.4, 0.5) is 0 Å². The molecule has 6 rings (SSSR count). The van der Waals surface area contributed by atoms with Gasteiger partial charge in [-0.25, -0.2) is 0 Å². The molecule has 0 saturated carbocycles. The van der Waals surface area contributed by atoms with E-state index >= 15 is 0 Å². The van der Waals surface area contributed by atoms with Gasteiger partial charge in [0.15, 0.2) is 0 Å². The molecule has 4 nitrogen and oxygen atoms in total. The largest absolute Gasteiger partial charge is 0.508 e. The molecule has 3 saturated heterocycles. The summed E-state index contributed by atoms with van der Waals surface area (Å²) in [6.45, 7) is 20.9. The molecule has 0 amide bonds. The Morgan fingerprint density at radius 3 is 2.34 bits per heavy atom. The van der Waals surface area contributed by atoms with Crippen LogP contribution in [0.1, 0.15) is 82.7 Å². The summed E-state index contributed by atoms with van der Waals surface area (Å²) < 4.78 is 0.869. The van der Waals surface area contributed by atoms with Crippen molar-refractivity contribution in [2.45, 2.75) is 83.9 Å². The predicted molar refractivity (Wildman–Crippen MR) is 156 cm³/mol. The standard InChI is InChI=1S/C34H44N2O2/c1-8-23-21-36(20-22-15-25(33(2,3)4)18-26(16-22)34(5,6)7)14-12-24(23)17-31(36)32(38)28-11-13-35-30-10-9-27(37)19-29(28)30/h8-11,13,15-16,18-19,23-24,31-32,38H,1,12,14,17,20-21H2,2-7H3/p+1/t23?,24?,31-,32+,36?/m0/s1. The lowest BCUT2D eigenvalue weighted by molar-refractivity contribution is -0.984. The Hall–Kier alpha value is -2.69. The van der Waals surface area contributed by atoms with E-state index in [1.54, 1.807) is 18.3 Å². The molecule has 0 aliphatic carbocycles. The van der Waals surface area contributed by atoms with E-state index in [9.17, 15) is 10.2 Å². The minimum absolute atomic E-state index is 0.0609. The van der Waals surface area contributed by atoms with Gasteiger partial charge >= 0.3 is 0 Å². The molecule has 4 heteroatoms. The molecule has 38 heavy (non-hydrogen) atoms. The number of benzene rings is 2. The first kappa shape index (κ1) is 26.9. The third-order valence-electron chi connectivity index (χ3n) is 9.34. The van der Waals surface area contributed by atoms with Gasteiger partial charge in [0.25, 0.3) is 0 Å². The van der Waals surface area contributed by atoms with E-state index in [0.29, 0.717) is 11.8 Å². The van der Waals surface area contributed by atoms with Gasteiger partial charge in [0, 0.05) is 35.9 Å². The van der Waals surface area contributed by atoms with Gasteiger partial charge in [-0.1, -0.05) is 53.7 Å². The number of hydrogen-bond acceptors (Lipinski definition) is 3. The van der Waals surface area contributed by atoms with Crippen molar-refractivity contribution in [2.75, 3.05) is 13.1 Å². The van der Waals surface area contributed by atoms with Crippen LogP contribution >= 0.6 is 0 Å². The second-order valence-corrected chi connectivity index (χ2v) is 14.0. The number of rotatable bonds is 5. The summed E-state index contributed by atoms with van der Waals surface area (Å²) in [5.41, 5.74) is 5.90. The first-order valence-electron chi connectivity index (χ1n) is 14.2. The summed E-state index contributed by atoms with van der Waals surface area (Å²) in [7, 11) is 0. The van der Waals surface area contributed by atoms with Crippen LogP contribution < -0.4 is 0 Å². The number of nitrogens with zero attached hydrogens (tertiary/aromatic N) is 2. The smallest absolute Gasteiger partial charge is 0.131 e. The number of phenolic OH excluding ortho intramolecular Hbond substituents is 1. The zero-order chi connectivity index (χ0) is 27.5. The normalized spacial score (nSPS) is 26.4. The van der Waals surface area contributed by atoms with Crippen molar-refractivity contribution in [2.24, 2.45) is 11.8 Å². The fraction of sp³-hybridized carbons (Fsp3) is 0.500. The number of quaternary nitrogens is 1. The number of hydrogen-bond donors (Lipinski definition) is 2. The van der Waals surface area contributed by atoms with Gasteiger partial charge in [0.05, 0.1) is 18.6 Å². The fourth-order valence-corrected chi connectivity index (χ4v) is 7.01. The molecule has 4 heterocycles. The summed E-state index contributed by atoms with van der Waals surface area (Å²) in [6.07, 6.45) is 5.46. The first-order valence-corrected chi connectivity index (χ1v) is 14.2. The molecule has 202 valence electrons. The Kier molecular flexibility index (Phi) is 6.72.